The summed E-state index contributed by atoms with van der Waals surface area (Å²) in [5.74, 6) is 0.857. The molecule has 0 fully saturated rings. The van der Waals surface area contributed by atoms with Crippen molar-refractivity contribution in [3.63, 3.8) is 0 Å². The number of rotatable bonds is 5. The average Bonchev–Trinajstić information content (AvgIpc) is 2.83. The van der Waals surface area contributed by atoms with Gasteiger partial charge in [0.25, 0.3) is 0 Å². The Morgan fingerprint density at radius 3 is 2.94 bits per heavy atom. The molecule has 86 valence electrons. The molecule has 0 aromatic carbocycles. The predicted octanol–water partition coefficient (Wildman–Crippen LogP) is 2.08. The van der Waals surface area contributed by atoms with Gasteiger partial charge in [0.1, 0.15) is 5.76 Å². The highest BCUT2D eigenvalue weighted by molar-refractivity contribution is 7.09. The molecule has 0 aliphatic carbocycles. The van der Waals surface area contributed by atoms with Crippen molar-refractivity contribution in [2.24, 2.45) is 0 Å². The molecule has 1 N–H and O–H groups in total. The number of aryl methyl sites for hydroxylation is 2. The van der Waals surface area contributed by atoms with Gasteiger partial charge in [-0.15, -0.1) is 11.3 Å². The van der Waals surface area contributed by atoms with E-state index in [0.717, 1.165) is 36.7 Å². The molecule has 2 aromatic rings. The molecule has 0 saturated heterocycles. The molecule has 0 saturated carbocycles. The zero-order chi connectivity index (χ0) is 11.4. The SMILES string of the molecule is Cc1cc(CNCCc2scnc2C)no1. The molecule has 0 spiro atoms. The molecule has 4 nitrogen and oxygen atoms in total. The molecule has 16 heavy (non-hydrogen) atoms. The van der Waals surface area contributed by atoms with Gasteiger partial charge in [-0.3, -0.25) is 0 Å². The van der Waals surface area contributed by atoms with Crippen molar-refractivity contribution in [3.05, 3.63) is 33.6 Å². The Bertz CT molecular complexity index is 450. The van der Waals surface area contributed by atoms with Gasteiger partial charge in [-0.1, -0.05) is 5.16 Å². The molecule has 0 amide bonds. The summed E-state index contributed by atoms with van der Waals surface area (Å²) in [5.41, 5.74) is 3.99. The van der Waals surface area contributed by atoms with Crippen LogP contribution in [0.1, 0.15) is 22.0 Å². The lowest BCUT2D eigenvalue weighted by atomic mass is 10.3. The molecule has 0 aliphatic heterocycles. The minimum atomic E-state index is 0.759. The van der Waals surface area contributed by atoms with E-state index in [9.17, 15) is 0 Å². The third-order valence-electron chi connectivity index (χ3n) is 2.36. The van der Waals surface area contributed by atoms with Gasteiger partial charge in [-0.25, -0.2) is 4.98 Å². The van der Waals surface area contributed by atoms with Crippen molar-refractivity contribution < 1.29 is 4.52 Å². The van der Waals surface area contributed by atoms with E-state index in [1.54, 1.807) is 11.3 Å². The van der Waals surface area contributed by atoms with E-state index < -0.39 is 0 Å². The first-order valence-corrected chi connectivity index (χ1v) is 6.15. The first-order valence-electron chi connectivity index (χ1n) is 5.27. The normalized spacial score (nSPS) is 10.9. The van der Waals surface area contributed by atoms with E-state index in [-0.39, 0.29) is 0 Å². The van der Waals surface area contributed by atoms with Crippen LogP contribution >= 0.6 is 11.3 Å². The van der Waals surface area contributed by atoms with Crippen molar-refractivity contribution >= 4 is 11.3 Å². The number of hydrogen-bond donors (Lipinski definition) is 1. The zero-order valence-corrected chi connectivity index (χ0v) is 10.3. The van der Waals surface area contributed by atoms with Gasteiger partial charge in [0.05, 0.1) is 16.9 Å². The fourth-order valence-electron chi connectivity index (χ4n) is 1.49. The maximum Gasteiger partial charge on any atom is 0.133 e. The Morgan fingerprint density at radius 1 is 1.44 bits per heavy atom. The highest BCUT2D eigenvalue weighted by atomic mass is 32.1. The van der Waals surface area contributed by atoms with Gasteiger partial charge >= 0.3 is 0 Å². The van der Waals surface area contributed by atoms with Crippen LogP contribution in [0.2, 0.25) is 0 Å². The summed E-state index contributed by atoms with van der Waals surface area (Å²) in [6, 6.07) is 1.95. The monoisotopic (exact) mass is 237 g/mol. The Labute approximate surface area is 98.7 Å². The first-order chi connectivity index (χ1) is 7.75. The summed E-state index contributed by atoms with van der Waals surface area (Å²) in [6.45, 7) is 5.65. The van der Waals surface area contributed by atoms with Crippen molar-refractivity contribution in [2.45, 2.75) is 26.8 Å². The van der Waals surface area contributed by atoms with E-state index in [2.05, 4.69) is 15.5 Å². The first kappa shape index (κ1) is 11.3. The van der Waals surface area contributed by atoms with Gasteiger partial charge in [0, 0.05) is 24.0 Å². The summed E-state index contributed by atoms with van der Waals surface area (Å²) in [4.78, 5) is 5.57. The Morgan fingerprint density at radius 2 is 2.31 bits per heavy atom. The average molecular weight is 237 g/mol. The zero-order valence-electron chi connectivity index (χ0n) is 9.49. The van der Waals surface area contributed by atoms with Crippen molar-refractivity contribution in [1.82, 2.24) is 15.5 Å². The van der Waals surface area contributed by atoms with E-state index >= 15 is 0 Å². The molecular weight excluding hydrogens is 222 g/mol. The second-order valence-electron chi connectivity index (χ2n) is 3.72. The van der Waals surface area contributed by atoms with Gasteiger partial charge in [0.15, 0.2) is 0 Å². The summed E-state index contributed by atoms with van der Waals surface area (Å²) in [6.07, 6.45) is 1.02. The maximum absolute atomic E-state index is 4.99. The standard InChI is InChI=1S/C11H15N3OS/c1-8-5-10(14-15-8)6-12-4-3-11-9(2)13-7-16-11/h5,7,12H,3-4,6H2,1-2H3. The van der Waals surface area contributed by atoms with Crippen LogP contribution in [0.3, 0.4) is 0 Å². The second kappa shape index (κ2) is 5.23. The molecule has 0 radical (unpaired) electrons. The Balaban J connectivity index is 1.71. The van der Waals surface area contributed by atoms with E-state index in [4.69, 9.17) is 4.52 Å². The number of nitrogens with one attached hydrogen (secondary N) is 1. The van der Waals surface area contributed by atoms with E-state index in [0.29, 0.717) is 0 Å². The molecule has 2 aromatic heterocycles. The third-order valence-corrected chi connectivity index (χ3v) is 3.35. The molecule has 2 heterocycles. The topological polar surface area (TPSA) is 51.0 Å². The molecule has 0 bridgehead atoms. The smallest absolute Gasteiger partial charge is 0.133 e. The number of aromatic nitrogens is 2. The summed E-state index contributed by atoms with van der Waals surface area (Å²) < 4.78 is 4.99. The quantitative estimate of drug-likeness (QED) is 0.809. The lowest BCUT2D eigenvalue weighted by molar-refractivity contribution is 0.388. The summed E-state index contributed by atoms with van der Waals surface area (Å²) in [5, 5.41) is 7.26. The van der Waals surface area contributed by atoms with Crippen LogP contribution in [0.25, 0.3) is 0 Å². The number of thiazole rings is 1. The van der Waals surface area contributed by atoms with Crippen LogP contribution in [0.4, 0.5) is 0 Å². The fourth-order valence-corrected chi connectivity index (χ4v) is 2.27. The fraction of sp³-hybridized carbons (Fsp3) is 0.455. The van der Waals surface area contributed by atoms with Gasteiger partial charge in [-0.2, -0.15) is 0 Å². The number of nitrogens with zero attached hydrogens (tertiary/aromatic N) is 2. The molecule has 0 aliphatic rings. The maximum atomic E-state index is 4.99. The summed E-state index contributed by atoms with van der Waals surface area (Å²) >= 11 is 1.71. The van der Waals surface area contributed by atoms with E-state index in [1.807, 2.05) is 25.4 Å². The highest BCUT2D eigenvalue weighted by Gasteiger charge is 2.02. The van der Waals surface area contributed by atoms with Crippen LogP contribution in [0.15, 0.2) is 16.1 Å². The summed E-state index contributed by atoms with van der Waals surface area (Å²) in [7, 11) is 0. The molecule has 5 heteroatoms. The van der Waals surface area contributed by atoms with Crippen LogP contribution in [0, 0.1) is 13.8 Å². The van der Waals surface area contributed by atoms with Crippen LogP contribution in [-0.2, 0) is 13.0 Å². The van der Waals surface area contributed by atoms with Crippen LogP contribution in [-0.4, -0.2) is 16.7 Å². The molecule has 2 rings (SSSR count). The van der Waals surface area contributed by atoms with Crippen molar-refractivity contribution in [1.29, 1.82) is 0 Å². The second-order valence-corrected chi connectivity index (χ2v) is 4.66. The Hall–Kier alpha value is -1.20. The predicted molar refractivity (Wildman–Crippen MR) is 63.5 cm³/mol. The minimum absolute atomic E-state index is 0.759. The van der Waals surface area contributed by atoms with E-state index in [1.165, 1.54) is 4.88 Å². The largest absolute Gasteiger partial charge is 0.361 e. The van der Waals surface area contributed by atoms with Crippen LogP contribution < -0.4 is 5.32 Å². The van der Waals surface area contributed by atoms with Crippen LogP contribution in [0.5, 0.6) is 0 Å². The third kappa shape index (κ3) is 2.90. The molecule has 0 unspecified atom stereocenters. The molecular formula is C11H15N3OS. The van der Waals surface area contributed by atoms with Gasteiger partial charge in [-0.05, 0) is 20.3 Å². The van der Waals surface area contributed by atoms with Crippen molar-refractivity contribution in [2.75, 3.05) is 6.54 Å². The van der Waals surface area contributed by atoms with Gasteiger partial charge in [0.2, 0.25) is 0 Å². The highest BCUT2D eigenvalue weighted by Crippen LogP contribution is 2.11. The molecule has 0 atom stereocenters. The minimum Gasteiger partial charge on any atom is -0.361 e. The Kier molecular flexibility index (Phi) is 3.69. The number of hydrogen-bond acceptors (Lipinski definition) is 5. The lowest BCUT2D eigenvalue weighted by Crippen LogP contribution is -2.16. The van der Waals surface area contributed by atoms with Gasteiger partial charge < -0.3 is 9.84 Å². The van der Waals surface area contributed by atoms with Crippen molar-refractivity contribution in [3.8, 4) is 0 Å². The lowest BCUT2D eigenvalue weighted by Gasteiger charge is -2.00.